The molecule has 0 aromatic heterocycles. The molecular weight excluding hydrogens is 174 g/mol. The third-order valence-electron chi connectivity index (χ3n) is 3.57. The number of nitrogens with zero attached hydrogens (tertiary/aromatic N) is 1. The van der Waals surface area contributed by atoms with E-state index in [4.69, 9.17) is 0 Å². The van der Waals surface area contributed by atoms with Crippen molar-refractivity contribution in [2.75, 3.05) is 7.05 Å². The molecule has 0 radical (unpaired) electrons. The Bertz CT molecular complexity index is 399. The molecule has 4 rings (SSSR count). The van der Waals surface area contributed by atoms with Gasteiger partial charge in [0.05, 0.1) is 12.0 Å². The molecule has 2 atom stereocenters. The summed E-state index contributed by atoms with van der Waals surface area (Å²) in [6.07, 6.45) is 2.16. The molecule has 3 aliphatic rings. The van der Waals surface area contributed by atoms with Crippen LogP contribution in [0, 0.1) is 0 Å². The molecule has 2 heteroatoms. The second kappa shape index (κ2) is 2.59. The minimum atomic E-state index is 0.140. The third-order valence-corrected chi connectivity index (χ3v) is 3.57. The fourth-order valence-corrected chi connectivity index (χ4v) is 2.83. The van der Waals surface area contributed by atoms with Crippen LogP contribution in [0.1, 0.15) is 35.9 Å². The summed E-state index contributed by atoms with van der Waals surface area (Å²) in [7, 11) is 1.93. The van der Waals surface area contributed by atoms with Gasteiger partial charge in [0.15, 0.2) is 0 Å². The lowest BCUT2D eigenvalue weighted by Gasteiger charge is -2.44. The standard InChI is InChI=1S/C12H13NO/c1-13-11-7-6-10(12(13)14)8-4-2-3-5-9(8)11/h2-5,10-11H,6-7H2,1H3. The Morgan fingerprint density at radius 3 is 2.71 bits per heavy atom. The van der Waals surface area contributed by atoms with E-state index < -0.39 is 0 Å². The van der Waals surface area contributed by atoms with E-state index in [1.807, 2.05) is 18.0 Å². The van der Waals surface area contributed by atoms with Gasteiger partial charge in [0.2, 0.25) is 5.91 Å². The van der Waals surface area contributed by atoms with Crippen LogP contribution in [0.4, 0.5) is 0 Å². The highest BCUT2D eigenvalue weighted by Gasteiger charge is 2.41. The molecule has 1 amide bonds. The van der Waals surface area contributed by atoms with Crippen LogP contribution in [0.3, 0.4) is 0 Å². The Kier molecular flexibility index (Phi) is 1.49. The van der Waals surface area contributed by atoms with Crippen molar-refractivity contribution in [3.05, 3.63) is 35.4 Å². The van der Waals surface area contributed by atoms with E-state index in [9.17, 15) is 4.79 Å². The van der Waals surface area contributed by atoms with E-state index in [0.717, 1.165) is 12.8 Å². The first kappa shape index (κ1) is 8.04. The van der Waals surface area contributed by atoms with Crippen molar-refractivity contribution in [1.29, 1.82) is 0 Å². The van der Waals surface area contributed by atoms with Gasteiger partial charge in [-0.3, -0.25) is 4.79 Å². The predicted molar refractivity (Wildman–Crippen MR) is 53.9 cm³/mol. The molecule has 0 spiro atoms. The molecule has 0 saturated carbocycles. The van der Waals surface area contributed by atoms with Gasteiger partial charge in [0.25, 0.3) is 0 Å². The van der Waals surface area contributed by atoms with Crippen molar-refractivity contribution in [3.8, 4) is 0 Å². The quantitative estimate of drug-likeness (QED) is 0.609. The van der Waals surface area contributed by atoms with E-state index in [0.29, 0.717) is 11.9 Å². The zero-order valence-electron chi connectivity index (χ0n) is 8.23. The van der Waals surface area contributed by atoms with E-state index in [-0.39, 0.29) is 5.92 Å². The van der Waals surface area contributed by atoms with Crippen LogP contribution in [-0.4, -0.2) is 17.9 Å². The lowest BCUT2D eigenvalue weighted by molar-refractivity contribution is -0.138. The second-order valence-electron chi connectivity index (χ2n) is 4.22. The molecular formula is C12H13NO. The molecule has 2 heterocycles. The van der Waals surface area contributed by atoms with Crippen molar-refractivity contribution in [2.24, 2.45) is 0 Å². The molecule has 1 saturated heterocycles. The van der Waals surface area contributed by atoms with Crippen molar-refractivity contribution in [1.82, 2.24) is 4.90 Å². The van der Waals surface area contributed by atoms with Gasteiger partial charge < -0.3 is 4.90 Å². The third kappa shape index (κ3) is 0.834. The minimum Gasteiger partial charge on any atom is -0.338 e. The second-order valence-corrected chi connectivity index (χ2v) is 4.22. The van der Waals surface area contributed by atoms with Crippen molar-refractivity contribution in [2.45, 2.75) is 24.8 Å². The first-order valence-electron chi connectivity index (χ1n) is 5.14. The summed E-state index contributed by atoms with van der Waals surface area (Å²) in [5.41, 5.74) is 2.64. The van der Waals surface area contributed by atoms with Crippen molar-refractivity contribution in [3.63, 3.8) is 0 Å². The fourth-order valence-electron chi connectivity index (χ4n) is 2.83. The molecule has 2 unspecified atom stereocenters. The van der Waals surface area contributed by atoms with Gasteiger partial charge in [0.1, 0.15) is 0 Å². The van der Waals surface area contributed by atoms with Gasteiger partial charge >= 0.3 is 0 Å². The predicted octanol–water partition coefficient (Wildman–Crippen LogP) is 2.08. The number of benzene rings is 1. The number of hydrogen-bond donors (Lipinski definition) is 0. The zero-order valence-corrected chi connectivity index (χ0v) is 8.23. The molecule has 2 aliphatic heterocycles. The molecule has 2 nitrogen and oxygen atoms in total. The topological polar surface area (TPSA) is 20.3 Å². The number of amides is 1. The maximum absolute atomic E-state index is 11.9. The minimum absolute atomic E-state index is 0.140. The fraction of sp³-hybridized carbons (Fsp3) is 0.417. The van der Waals surface area contributed by atoms with Crippen LogP contribution < -0.4 is 0 Å². The number of rotatable bonds is 0. The largest absolute Gasteiger partial charge is 0.338 e. The number of hydrogen-bond acceptors (Lipinski definition) is 1. The Morgan fingerprint density at radius 2 is 1.93 bits per heavy atom. The molecule has 1 aromatic rings. The van der Waals surface area contributed by atoms with E-state index >= 15 is 0 Å². The molecule has 2 bridgehead atoms. The van der Waals surface area contributed by atoms with Crippen LogP contribution in [0.2, 0.25) is 0 Å². The first-order chi connectivity index (χ1) is 6.79. The highest BCUT2D eigenvalue weighted by molar-refractivity contribution is 5.87. The van der Waals surface area contributed by atoms with E-state index in [2.05, 4.69) is 18.2 Å². The van der Waals surface area contributed by atoms with Crippen LogP contribution in [0.5, 0.6) is 0 Å². The normalized spacial score (nSPS) is 29.2. The van der Waals surface area contributed by atoms with E-state index in [1.54, 1.807) is 0 Å². The van der Waals surface area contributed by atoms with Gasteiger partial charge in [0, 0.05) is 7.05 Å². The lowest BCUT2D eigenvalue weighted by Crippen LogP contribution is -2.44. The van der Waals surface area contributed by atoms with Crippen LogP contribution in [-0.2, 0) is 4.79 Å². The summed E-state index contributed by atoms with van der Waals surface area (Å²) in [4.78, 5) is 13.8. The lowest BCUT2D eigenvalue weighted by atomic mass is 9.75. The summed E-state index contributed by atoms with van der Waals surface area (Å²) in [5.74, 6) is 0.446. The van der Waals surface area contributed by atoms with Crippen LogP contribution in [0.15, 0.2) is 24.3 Å². The highest BCUT2D eigenvalue weighted by atomic mass is 16.2. The maximum Gasteiger partial charge on any atom is 0.230 e. The summed E-state index contributed by atoms with van der Waals surface area (Å²) < 4.78 is 0. The molecule has 1 aliphatic carbocycles. The smallest absolute Gasteiger partial charge is 0.230 e. The highest BCUT2D eigenvalue weighted by Crippen LogP contribution is 2.46. The average molecular weight is 187 g/mol. The Balaban J connectivity index is 2.22. The molecule has 0 N–H and O–H groups in total. The van der Waals surface area contributed by atoms with Gasteiger partial charge in [-0.25, -0.2) is 0 Å². The summed E-state index contributed by atoms with van der Waals surface area (Å²) >= 11 is 0. The van der Waals surface area contributed by atoms with Crippen LogP contribution >= 0.6 is 0 Å². The van der Waals surface area contributed by atoms with Crippen molar-refractivity contribution < 1.29 is 4.79 Å². The van der Waals surface area contributed by atoms with Gasteiger partial charge in [-0.15, -0.1) is 0 Å². The first-order valence-corrected chi connectivity index (χ1v) is 5.14. The number of fused-ring (bicyclic) bond motifs is 2. The Hall–Kier alpha value is -1.31. The van der Waals surface area contributed by atoms with Crippen molar-refractivity contribution >= 4 is 5.91 Å². The summed E-state index contributed by atoms with van der Waals surface area (Å²) in [5, 5.41) is 0. The van der Waals surface area contributed by atoms with Crippen LogP contribution in [0.25, 0.3) is 0 Å². The monoisotopic (exact) mass is 187 g/mol. The van der Waals surface area contributed by atoms with Gasteiger partial charge in [-0.1, -0.05) is 24.3 Å². The number of carbonyl (C=O) groups is 1. The number of carbonyl (C=O) groups excluding carboxylic acids is 1. The number of piperidine rings is 1. The Labute approximate surface area is 83.5 Å². The zero-order chi connectivity index (χ0) is 9.71. The maximum atomic E-state index is 11.9. The average Bonchev–Trinajstić information content (AvgIpc) is 2.24. The van der Waals surface area contributed by atoms with Gasteiger partial charge in [-0.05, 0) is 24.0 Å². The SMILES string of the molecule is CN1C(=O)C2CCC1c1ccccc12. The molecule has 72 valence electrons. The van der Waals surface area contributed by atoms with Gasteiger partial charge in [-0.2, -0.15) is 0 Å². The molecule has 1 fully saturated rings. The molecule has 1 aromatic carbocycles. The Morgan fingerprint density at radius 1 is 1.21 bits per heavy atom. The molecule has 14 heavy (non-hydrogen) atoms. The summed E-state index contributed by atoms with van der Waals surface area (Å²) in [6, 6.07) is 8.71. The van der Waals surface area contributed by atoms with E-state index in [1.165, 1.54) is 11.1 Å². The number of likely N-dealkylation sites (N-methyl/N-ethyl adjacent to an activating group) is 1. The summed E-state index contributed by atoms with van der Waals surface area (Å²) in [6.45, 7) is 0.